The molecule has 6 nitrogen and oxygen atoms in total. The van der Waals surface area contributed by atoms with Gasteiger partial charge in [0.2, 0.25) is 11.8 Å². The van der Waals surface area contributed by atoms with Gasteiger partial charge in [0, 0.05) is 31.7 Å². The highest BCUT2D eigenvalue weighted by Gasteiger charge is 2.35. The quantitative estimate of drug-likeness (QED) is 0.862. The van der Waals surface area contributed by atoms with E-state index in [1.807, 2.05) is 24.3 Å². The van der Waals surface area contributed by atoms with Gasteiger partial charge >= 0.3 is 0 Å². The van der Waals surface area contributed by atoms with Crippen molar-refractivity contribution in [2.24, 2.45) is 5.92 Å². The van der Waals surface area contributed by atoms with Crippen LogP contribution in [-0.4, -0.2) is 44.7 Å². The summed E-state index contributed by atoms with van der Waals surface area (Å²) in [5.41, 5.74) is 2.69. The van der Waals surface area contributed by atoms with E-state index in [1.54, 1.807) is 19.1 Å². The minimum atomic E-state index is -0.482. The molecule has 2 aliphatic heterocycles. The smallest absolute Gasteiger partial charge is 0.229 e. The normalized spacial score (nSPS) is 19.5. The van der Waals surface area contributed by atoms with Crippen molar-refractivity contribution in [1.82, 2.24) is 0 Å². The van der Waals surface area contributed by atoms with E-state index in [-0.39, 0.29) is 30.6 Å². The monoisotopic (exact) mass is 397 g/mol. The van der Waals surface area contributed by atoms with Crippen molar-refractivity contribution in [3.8, 4) is 0 Å². The van der Waals surface area contributed by atoms with Crippen LogP contribution in [0.15, 0.2) is 42.5 Å². The van der Waals surface area contributed by atoms with Crippen LogP contribution >= 0.6 is 0 Å². The molecule has 2 aliphatic rings. The van der Waals surface area contributed by atoms with Crippen LogP contribution < -0.4 is 15.1 Å². The lowest BCUT2D eigenvalue weighted by Crippen LogP contribution is -2.37. The Morgan fingerprint density at radius 2 is 1.93 bits per heavy atom. The molecule has 1 N–H and O–H groups in total. The Kier molecular flexibility index (Phi) is 5.49. The van der Waals surface area contributed by atoms with E-state index in [9.17, 15) is 14.0 Å². The first-order chi connectivity index (χ1) is 14.0. The highest BCUT2D eigenvalue weighted by atomic mass is 19.1. The Morgan fingerprint density at radius 1 is 1.17 bits per heavy atom. The van der Waals surface area contributed by atoms with Gasteiger partial charge < -0.3 is 19.9 Å². The zero-order valence-corrected chi connectivity index (χ0v) is 16.4. The number of rotatable bonds is 4. The molecule has 0 aromatic heterocycles. The molecule has 0 aliphatic carbocycles. The molecule has 2 heterocycles. The fourth-order valence-corrected chi connectivity index (χ4v) is 3.78. The Bertz CT molecular complexity index is 927. The van der Waals surface area contributed by atoms with Crippen LogP contribution in [0.25, 0.3) is 0 Å². The molecule has 1 atom stereocenters. The summed E-state index contributed by atoms with van der Waals surface area (Å²) in [6.07, 6.45) is 0.112. The number of nitrogens with one attached hydrogen (secondary N) is 1. The number of benzene rings is 2. The van der Waals surface area contributed by atoms with Crippen molar-refractivity contribution in [2.75, 3.05) is 48.0 Å². The first-order valence-electron chi connectivity index (χ1n) is 9.82. The van der Waals surface area contributed by atoms with E-state index in [0.717, 1.165) is 24.5 Å². The van der Waals surface area contributed by atoms with Gasteiger partial charge in [0.25, 0.3) is 0 Å². The molecule has 2 fully saturated rings. The van der Waals surface area contributed by atoms with E-state index in [4.69, 9.17) is 4.74 Å². The average molecular weight is 397 g/mol. The van der Waals surface area contributed by atoms with Crippen LogP contribution in [0.4, 0.5) is 21.5 Å². The Hall–Kier alpha value is -2.93. The van der Waals surface area contributed by atoms with Crippen LogP contribution in [0.1, 0.15) is 12.0 Å². The number of carbonyl (C=O) groups is 2. The van der Waals surface area contributed by atoms with E-state index in [1.165, 1.54) is 11.0 Å². The minimum Gasteiger partial charge on any atom is -0.378 e. The number of para-hydroxylation sites is 2. The molecule has 0 radical (unpaired) electrons. The second kappa shape index (κ2) is 8.21. The number of hydrogen-bond donors (Lipinski definition) is 1. The molecule has 4 rings (SSSR count). The molecular weight excluding hydrogens is 373 g/mol. The maximum absolute atomic E-state index is 13.9. The molecule has 0 saturated carbocycles. The predicted molar refractivity (Wildman–Crippen MR) is 110 cm³/mol. The second-order valence-electron chi connectivity index (χ2n) is 7.44. The molecule has 2 aromatic carbocycles. The maximum atomic E-state index is 13.9. The molecule has 2 amide bonds. The molecule has 0 bridgehead atoms. The lowest BCUT2D eigenvalue weighted by atomic mass is 10.1. The molecule has 152 valence electrons. The molecule has 2 aromatic rings. The van der Waals surface area contributed by atoms with Crippen LogP contribution in [-0.2, 0) is 14.3 Å². The Morgan fingerprint density at radius 3 is 2.69 bits per heavy atom. The van der Waals surface area contributed by atoms with E-state index < -0.39 is 5.92 Å². The highest BCUT2D eigenvalue weighted by molar-refractivity contribution is 6.04. The fourth-order valence-electron chi connectivity index (χ4n) is 3.78. The SMILES string of the molecule is Cc1ccc(N2C[C@@H](C(=O)Nc3ccccc3N3CCOCC3)CC2=O)cc1F. The average Bonchev–Trinajstić information content (AvgIpc) is 3.13. The van der Waals surface area contributed by atoms with Crippen LogP contribution in [0, 0.1) is 18.7 Å². The number of nitrogens with zero attached hydrogens (tertiary/aromatic N) is 2. The van der Waals surface area contributed by atoms with Crippen LogP contribution in [0.2, 0.25) is 0 Å². The highest BCUT2D eigenvalue weighted by Crippen LogP contribution is 2.30. The zero-order chi connectivity index (χ0) is 20.4. The topological polar surface area (TPSA) is 61.9 Å². The van der Waals surface area contributed by atoms with E-state index >= 15 is 0 Å². The molecule has 0 unspecified atom stereocenters. The number of morpholine rings is 1. The van der Waals surface area contributed by atoms with Gasteiger partial charge in [0.1, 0.15) is 5.82 Å². The number of anilines is 3. The minimum absolute atomic E-state index is 0.112. The lowest BCUT2D eigenvalue weighted by molar-refractivity contribution is -0.122. The van der Waals surface area contributed by atoms with Gasteiger partial charge in [-0.15, -0.1) is 0 Å². The summed E-state index contributed by atoms with van der Waals surface area (Å²) in [7, 11) is 0. The Labute approximate surface area is 169 Å². The standard InChI is InChI=1S/C22H24FN3O3/c1-15-6-7-17(13-18(15)23)26-14-16(12-21(26)27)22(28)24-19-4-2-3-5-20(19)25-8-10-29-11-9-25/h2-7,13,16H,8-12,14H2,1H3,(H,24,28)/t16-/m0/s1. The number of carbonyl (C=O) groups excluding carboxylic acids is 2. The van der Waals surface area contributed by atoms with Crippen LogP contribution in [0.3, 0.4) is 0 Å². The molecular formula is C22H24FN3O3. The van der Waals surface area contributed by atoms with E-state index in [2.05, 4.69) is 10.2 Å². The summed E-state index contributed by atoms with van der Waals surface area (Å²) < 4.78 is 19.3. The van der Waals surface area contributed by atoms with Crippen molar-refractivity contribution in [3.05, 3.63) is 53.8 Å². The maximum Gasteiger partial charge on any atom is 0.229 e. The first kappa shape index (κ1) is 19.4. The largest absolute Gasteiger partial charge is 0.378 e. The van der Waals surface area contributed by atoms with Gasteiger partial charge in [-0.2, -0.15) is 0 Å². The molecule has 7 heteroatoms. The van der Waals surface area contributed by atoms with Crippen molar-refractivity contribution in [1.29, 1.82) is 0 Å². The van der Waals surface area contributed by atoms with Gasteiger partial charge in [-0.3, -0.25) is 9.59 Å². The van der Waals surface area contributed by atoms with Crippen molar-refractivity contribution in [2.45, 2.75) is 13.3 Å². The lowest BCUT2D eigenvalue weighted by Gasteiger charge is -2.30. The summed E-state index contributed by atoms with van der Waals surface area (Å²) in [5, 5.41) is 2.99. The number of hydrogen-bond acceptors (Lipinski definition) is 4. The van der Waals surface area contributed by atoms with Gasteiger partial charge in [-0.05, 0) is 36.8 Å². The molecule has 0 spiro atoms. The summed E-state index contributed by atoms with van der Waals surface area (Å²) in [4.78, 5) is 29.0. The zero-order valence-electron chi connectivity index (χ0n) is 16.4. The second-order valence-corrected chi connectivity index (χ2v) is 7.44. The number of ether oxygens (including phenoxy) is 1. The van der Waals surface area contributed by atoms with Gasteiger partial charge in [-0.1, -0.05) is 18.2 Å². The van der Waals surface area contributed by atoms with Gasteiger partial charge in [0.15, 0.2) is 0 Å². The fraction of sp³-hybridized carbons (Fsp3) is 0.364. The summed E-state index contributed by atoms with van der Waals surface area (Å²) in [5.74, 6) is -1.21. The summed E-state index contributed by atoms with van der Waals surface area (Å²) in [6, 6.07) is 12.4. The third-order valence-electron chi connectivity index (χ3n) is 5.48. The number of amides is 2. The predicted octanol–water partition coefficient (Wildman–Crippen LogP) is 2.96. The third-order valence-corrected chi connectivity index (χ3v) is 5.48. The van der Waals surface area contributed by atoms with Crippen LogP contribution in [0.5, 0.6) is 0 Å². The van der Waals surface area contributed by atoms with Crippen molar-refractivity contribution in [3.63, 3.8) is 0 Å². The number of halogens is 1. The molecule has 2 saturated heterocycles. The molecule has 29 heavy (non-hydrogen) atoms. The first-order valence-corrected chi connectivity index (χ1v) is 9.82. The summed E-state index contributed by atoms with van der Waals surface area (Å²) >= 11 is 0. The summed E-state index contributed by atoms with van der Waals surface area (Å²) in [6.45, 7) is 4.76. The van der Waals surface area contributed by atoms with Crippen molar-refractivity contribution >= 4 is 28.9 Å². The van der Waals surface area contributed by atoms with E-state index in [0.29, 0.717) is 24.5 Å². The third kappa shape index (κ3) is 4.10. The van der Waals surface area contributed by atoms with Crippen molar-refractivity contribution < 1.29 is 18.7 Å². The van der Waals surface area contributed by atoms with Gasteiger partial charge in [0.05, 0.1) is 30.5 Å². The Balaban J connectivity index is 1.47. The number of aryl methyl sites for hydroxylation is 1. The van der Waals surface area contributed by atoms with Gasteiger partial charge in [-0.25, -0.2) is 4.39 Å².